The van der Waals surface area contributed by atoms with Crippen molar-refractivity contribution in [2.75, 3.05) is 11.9 Å². The van der Waals surface area contributed by atoms with E-state index in [4.69, 9.17) is 11.6 Å². The topological polar surface area (TPSA) is 41.1 Å². The zero-order chi connectivity index (χ0) is 17.7. The second kappa shape index (κ2) is 8.27. The number of aryl methyl sites for hydroxylation is 1. The summed E-state index contributed by atoms with van der Waals surface area (Å²) in [6.07, 6.45) is 0. The largest absolute Gasteiger partial charge is 0.324 e. The second-order valence-electron chi connectivity index (χ2n) is 6.19. The summed E-state index contributed by atoms with van der Waals surface area (Å²) in [6, 6.07) is 11.8. The Kier molecular flexibility index (Phi) is 6.35. The molecule has 0 fully saturated rings. The number of halogens is 2. The molecule has 1 atom stereocenters. The van der Waals surface area contributed by atoms with E-state index in [0.717, 1.165) is 11.1 Å². The van der Waals surface area contributed by atoms with Gasteiger partial charge in [0.2, 0.25) is 5.91 Å². The number of carbonyl (C=O) groups excluding carboxylic acids is 1. The zero-order valence-corrected chi connectivity index (χ0v) is 14.8. The molecule has 5 heteroatoms. The van der Waals surface area contributed by atoms with E-state index < -0.39 is 0 Å². The van der Waals surface area contributed by atoms with Gasteiger partial charge in [-0.3, -0.25) is 4.79 Å². The zero-order valence-electron chi connectivity index (χ0n) is 14.1. The molecule has 0 radical (unpaired) electrons. The number of anilines is 1. The lowest BCUT2D eigenvalue weighted by Crippen LogP contribution is -2.33. The molecule has 0 spiro atoms. The van der Waals surface area contributed by atoms with Gasteiger partial charge in [-0.2, -0.15) is 0 Å². The van der Waals surface area contributed by atoms with E-state index in [1.54, 1.807) is 24.3 Å². The molecule has 1 amide bonds. The van der Waals surface area contributed by atoms with E-state index in [0.29, 0.717) is 10.7 Å². The molecule has 2 N–H and O–H groups in total. The molecule has 0 aromatic heterocycles. The minimum Gasteiger partial charge on any atom is -0.324 e. The van der Waals surface area contributed by atoms with Crippen molar-refractivity contribution in [2.45, 2.75) is 26.8 Å². The maximum Gasteiger partial charge on any atom is 0.238 e. The fraction of sp³-hybridized carbons (Fsp3) is 0.316. The van der Waals surface area contributed by atoms with Crippen LogP contribution in [0.15, 0.2) is 42.5 Å². The van der Waals surface area contributed by atoms with E-state index in [2.05, 4.69) is 24.5 Å². The predicted molar refractivity (Wildman–Crippen MR) is 96.8 cm³/mol. The number of hydrogen-bond donors (Lipinski definition) is 2. The molecule has 0 aliphatic heterocycles. The SMILES string of the molecule is Cc1ccc(NC(=O)CN[C@H](c2ccc(F)cc2)C(C)C)c(Cl)c1. The van der Waals surface area contributed by atoms with E-state index in [1.165, 1.54) is 12.1 Å². The molecule has 24 heavy (non-hydrogen) atoms. The summed E-state index contributed by atoms with van der Waals surface area (Å²) >= 11 is 6.13. The Morgan fingerprint density at radius 1 is 1.17 bits per heavy atom. The summed E-state index contributed by atoms with van der Waals surface area (Å²) in [5.74, 6) is -0.187. The first-order valence-electron chi connectivity index (χ1n) is 7.91. The molecular formula is C19H22ClFN2O. The van der Waals surface area contributed by atoms with Gasteiger partial charge in [-0.25, -0.2) is 4.39 Å². The van der Waals surface area contributed by atoms with Crippen LogP contribution in [0.5, 0.6) is 0 Å². The maximum absolute atomic E-state index is 13.1. The van der Waals surface area contributed by atoms with E-state index in [1.807, 2.05) is 13.0 Å². The van der Waals surface area contributed by atoms with Crippen molar-refractivity contribution in [1.82, 2.24) is 5.32 Å². The third-order valence-corrected chi connectivity index (χ3v) is 4.09. The average molecular weight is 349 g/mol. The Bertz CT molecular complexity index is 701. The van der Waals surface area contributed by atoms with Gasteiger partial charge in [-0.05, 0) is 48.2 Å². The molecule has 0 heterocycles. The summed E-state index contributed by atoms with van der Waals surface area (Å²) in [5.41, 5.74) is 2.58. The van der Waals surface area contributed by atoms with Crippen molar-refractivity contribution in [2.24, 2.45) is 5.92 Å². The van der Waals surface area contributed by atoms with Crippen LogP contribution < -0.4 is 10.6 Å². The van der Waals surface area contributed by atoms with Gasteiger partial charge >= 0.3 is 0 Å². The normalized spacial score (nSPS) is 12.2. The lowest BCUT2D eigenvalue weighted by Gasteiger charge is -2.23. The summed E-state index contributed by atoms with van der Waals surface area (Å²) in [6.45, 7) is 6.19. The molecule has 2 aromatic rings. The minimum absolute atomic E-state index is 0.0372. The van der Waals surface area contributed by atoms with Gasteiger partial charge in [0.05, 0.1) is 17.3 Å². The number of carbonyl (C=O) groups is 1. The third kappa shape index (κ3) is 5.05. The fourth-order valence-corrected chi connectivity index (χ4v) is 2.81. The first kappa shape index (κ1) is 18.4. The van der Waals surface area contributed by atoms with Crippen LogP contribution in [0.1, 0.15) is 31.0 Å². The minimum atomic E-state index is -0.270. The highest BCUT2D eigenvalue weighted by atomic mass is 35.5. The number of rotatable bonds is 6. The first-order valence-corrected chi connectivity index (χ1v) is 8.29. The fourth-order valence-electron chi connectivity index (χ4n) is 2.53. The van der Waals surface area contributed by atoms with E-state index in [-0.39, 0.29) is 30.2 Å². The molecule has 0 bridgehead atoms. The molecule has 3 nitrogen and oxygen atoms in total. The van der Waals surface area contributed by atoms with Gasteiger partial charge in [0.15, 0.2) is 0 Å². The molecule has 0 aliphatic carbocycles. The van der Waals surface area contributed by atoms with Crippen LogP contribution >= 0.6 is 11.6 Å². The van der Waals surface area contributed by atoms with Gasteiger partial charge in [0.25, 0.3) is 0 Å². The standard InChI is InChI=1S/C19H22ClFN2O/c1-12(2)19(14-5-7-15(21)8-6-14)22-11-18(24)23-17-9-4-13(3)10-16(17)20/h4-10,12,19,22H,11H2,1-3H3,(H,23,24)/t19-/m0/s1. The molecule has 0 aliphatic rings. The molecule has 2 rings (SSSR count). The molecule has 0 saturated carbocycles. The highest BCUT2D eigenvalue weighted by molar-refractivity contribution is 6.33. The highest BCUT2D eigenvalue weighted by Gasteiger charge is 2.17. The number of benzene rings is 2. The molecule has 0 saturated heterocycles. The van der Waals surface area contributed by atoms with Crippen LogP contribution in [0, 0.1) is 18.7 Å². The molecular weight excluding hydrogens is 327 g/mol. The number of amides is 1. The monoisotopic (exact) mass is 348 g/mol. The second-order valence-corrected chi connectivity index (χ2v) is 6.59. The van der Waals surface area contributed by atoms with Crippen LogP contribution in [-0.4, -0.2) is 12.5 Å². The van der Waals surface area contributed by atoms with E-state index >= 15 is 0 Å². The number of nitrogens with one attached hydrogen (secondary N) is 2. The molecule has 2 aromatic carbocycles. The van der Waals surface area contributed by atoms with Crippen molar-refractivity contribution >= 4 is 23.2 Å². The van der Waals surface area contributed by atoms with Crippen LogP contribution in [0.3, 0.4) is 0 Å². The van der Waals surface area contributed by atoms with Gasteiger partial charge < -0.3 is 10.6 Å². The van der Waals surface area contributed by atoms with Crippen LogP contribution in [-0.2, 0) is 4.79 Å². The summed E-state index contributed by atoms with van der Waals surface area (Å²) < 4.78 is 13.1. The Hall–Kier alpha value is -1.91. The van der Waals surface area contributed by atoms with Crippen molar-refractivity contribution in [3.05, 3.63) is 64.4 Å². The summed E-state index contributed by atoms with van der Waals surface area (Å²) in [4.78, 5) is 12.2. The van der Waals surface area contributed by atoms with E-state index in [9.17, 15) is 9.18 Å². The van der Waals surface area contributed by atoms with Gasteiger partial charge in [-0.15, -0.1) is 0 Å². The van der Waals surface area contributed by atoms with Crippen molar-refractivity contribution in [3.63, 3.8) is 0 Å². The average Bonchev–Trinajstić information content (AvgIpc) is 2.52. The summed E-state index contributed by atoms with van der Waals surface area (Å²) in [5, 5.41) is 6.54. The van der Waals surface area contributed by atoms with Gasteiger partial charge in [0.1, 0.15) is 5.82 Å². The predicted octanol–water partition coefficient (Wildman–Crippen LogP) is 4.71. The Labute approximate surface area is 147 Å². The molecule has 128 valence electrons. The van der Waals surface area contributed by atoms with Crippen molar-refractivity contribution in [1.29, 1.82) is 0 Å². The maximum atomic E-state index is 13.1. The molecule has 0 unspecified atom stereocenters. The Balaban J connectivity index is 1.98. The lowest BCUT2D eigenvalue weighted by molar-refractivity contribution is -0.115. The van der Waals surface area contributed by atoms with Crippen LogP contribution in [0.4, 0.5) is 10.1 Å². The number of hydrogen-bond acceptors (Lipinski definition) is 2. The van der Waals surface area contributed by atoms with Crippen molar-refractivity contribution in [3.8, 4) is 0 Å². The lowest BCUT2D eigenvalue weighted by atomic mass is 9.96. The Morgan fingerprint density at radius 2 is 1.83 bits per heavy atom. The smallest absolute Gasteiger partial charge is 0.238 e. The van der Waals surface area contributed by atoms with Crippen LogP contribution in [0.25, 0.3) is 0 Å². The Morgan fingerprint density at radius 3 is 2.42 bits per heavy atom. The van der Waals surface area contributed by atoms with Gasteiger partial charge in [-0.1, -0.05) is 43.6 Å². The third-order valence-electron chi connectivity index (χ3n) is 3.78. The quantitative estimate of drug-likeness (QED) is 0.793. The van der Waals surface area contributed by atoms with Gasteiger partial charge in [0, 0.05) is 6.04 Å². The van der Waals surface area contributed by atoms with Crippen molar-refractivity contribution < 1.29 is 9.18 Å². The highest BCUT2D eigenvalue weighted by Crippen LogP contribution is 2.23. The first-order chi connectivity index (χ1) is 11.4. The van der Waals surface area contributed by atoms with Crippen LogP contribution in [0.2, 0.25) is 5.02 Å². The summed E-state index contributed by atoms with van der Waals surface area (Å²) in [7, 11) is 0.